The summed E-state index contributed by atoms with van der Waals surface area (Å²) in [6.07, 6.45) is 0. The van der Waals surface area contributed by atoms with Gasteiger partial charge >= 0.3 is 0 Å². The maximum absolute atomic E-state index is 4.01. The van der Waals surface area contributed by atoms with Crippen molar-refractivity contribution in [1.82, 2.24) is 15.0 Å². The van der Waals surface area contributed by atoms with E-state index in [1.54, 1.807) is 4.68 Å². The van der Waals surface area contributed by atoms with Gasteiger partial charge in [0.25, 0.3) is 0 Å². The Balaban J connectivity index is 2.87. The third-order valence-electron chi connectivity index (χ3n) is 1.89. The molecule has 0 saturated heterocycles. The van der Waals surface area contributed by atoms with Crippen molar-refractivity contribution in [2.45, 2.75) is 6.92 Å². The number of aryl methyl sites for hydroxylation is 2. The van der Waals surface area contributed by atoms with Crippen molar-refractivity contribution >= 4 is 27.0 Å². The van der Waals surface area contributed by atoms with Gasteiger partial charge < -0.3 is 0 Å². The highest BCUT2D eigenvalue weighted by molar-refractivity contribution is 9.10. The second-order valence-corrected chi connectivity index (χ2v) is 3.66. The molecule has 0 aliphatic rings. The van der Waals surface area contributed by atoms with Crippen LogP contribution in [-0.4, -0.2) is 15.0 Å². The van der Waals surface area contributed by atoms with Gasteiger partial charge in [0.1, 0.15) is 5.52 Å². The number of fused-ring (bicyclic) bond motifs is 1. The molecule has 2 rings (SSSR count). The molecule has 1 aromatic carbocycles. The van der Waals surface area contributed by atoms with E-state index in [0.717, 1.165) is 15.5 Å². The smallest absolute Gasteiger partial charge is 0.113 e. The highest BCUT2D eigenvalue weighted by Crippen LogP contribution is 2.21. The minimum atomic E-state index is 0.943. The summed E-state index contributed by atoms with van der Waals surface area (Å²) in [5, 5.41) is 7.94. The van der Waals surface area contributed by atoms with Crippen LogP contribution in [0.15, 0.2) is 16.6 Å². The van der Waals surface area contributed by atoms with Crippen LogP contribution in [0.1, 0.15) is 5.56 Å². The van der Waals surface area contributed by atoms with Crippen molar-refractivity contribution in [3.05, 3.63) is 22.2 Å². The monoisotopic (exact) mass is 225 g/mol. The van der Waals surface area contributed by atoms with Crippen LogP contribution < -0.4 is 0 Å². The van der Waals surface area contributed by atoms with Gasteiger partial charge in [-0.15, -0.1) is 5.10 Å². The zero-order chi connectivity index (χ0) is 8.72. The molecular formula is C8H8BrN3. The number of aromatic nitrogens is 3. The van der Waals surface area contributed by atoms with Gasteiger partial charge in [-0.3, -0.25) is 0 Å². The molecule has 0 N–H and O–H groups in total. The quantitative estimate of drug-likeness (QED) is 0.688. The molecular weight excluding hydrogens is 218 g/mol. The Morgan fingerprint density at radius 2 is 2.17 bits per heavy atom. The zero-order valence-electron chi connectivity index (χ0n) is 6.87. The van der Waals surface area contributed by atoms with Gasteiger partial charge in [0.05, 0.1) is 5.52 Å². The van der Waals surface area contributed by atoms with Crippen molar-refractivity contribution < 1.29 is 0 Å². The summed E-state index contributed by atoms with van der Waals surface area (Å²) >= 11 is 3.47. The average Bonchev–Trinajstić information content (AvgIpc) is 2.35. The number of halogens is 1. The lowest BCUT2D eigenvalue weighted by Gasteiger charge is -1.97. The lowest BCUT2D eigenvalue weighted by Crippen LogP contribution is -1.89. The molecule has 2 aromatic rings. The van der Waals surface area contributed by atoms with E-state index in [1.807, 2.05) is 26.1 Å². The van der Waals surface area contributed by atoms with E-state index in [-0.39, 0.29) is 0 Å². The van der Waals surface area contributed by atoms with Crippen LogP contribution in [0, 0.1) is 6.92 Å². The van der Waals surface area contributed by atoms with Crippen LogP contribution in [0.25, 0.3) is 11.0 Å². The number of hydrogen-bond acceptors (Lipinski definition) is 2. The largest absolute Gasteiger partial charge is 0.248 e. The summed E-state index contributed by atoms with van der Waals surface area (Å²) in [4.78, 5) is 0. The molecule has 62 valence electrons. The van der Waals surface area contributed by atoms with Crippen LogP contribution >= 0.6 is 15.9 Å². The van der Waals surface area contributed by atoms with Crippen molar-refractivity contribution in [2.24, 2.45) is 7.05 Å². The van der Waals surface area contributed by atoms with Gasteiger partial charge in [0.2, 0.25) is 0 Å². The fourth-order valence-corrected chi connectivity index (χ4v) is 1.49. The summed E-state index contributed by atoms with van der Waals surface area (Å²) < 4.78 is 2.86. The maximum Gasteiger partial charge on any atom is 0.113 e. The molecule has 0 radical (unpaired) electrons. The standard InChI is InChI=1S/C8H8BrN3/c1-5-3-7-8(4-6(5)9)12(2)11-10-7/h3-4H,1-2H3. The Morgan fingerprint density at radius 3 is 2.92 bits per heavy atom. The predicted octanol–water partition coefficient (Wildman–Crippen LogP) is 2.04. The van der Waals surface area contributed by atoms with Crippen LogP contribution in [0.2, 0.25) is 0 Å². The van der Waals surface area contributed by atoms with E-state index in [1.165, 1.54) is 5.56 Å². The topological polar surface area (TPSA) is 30.7 Å². The SMILES string of the molecule is Cc1cc2nnn(C)c2cc1Br. The zero-order valence-corrected chi connectivity index (χ0v) is 8.46. The van der Waals surface area contributed by atoms with E-state index in [4.69, 9.17) is 0 Å². The van der Waals surface area contributed by atoms with Crippen molar-refractivity contribution in [2.75, 3.05) is 0 Å². The summed E-state index contributed by atoms with van der Waals surface area (Å²) in [5.74, 6) is 0. The van der Waals surface area contributed by atoms with Gasteiger partial charge in [-0.05, 0) is 24.6 Å². The fourth-order valence-electron chi connectivity index (χ4n) is 1.16. The van der Waals surface area contributed by atoms with Crippen molar-refractivity contribution in [1.29, 1.82) is 0 Å². The second-order valence-electron chi connectivity index (χ2n) is 2.80. The molecule has 0 amide bonds. The van der Waals surface area contributed by atoms with Gasteiger partial charge in [0, 0.05) is 11.5 Å². The van der Waals surface area contributed by atoms with Crippen LogP contribution in [0.4, 0.5) is 0 Å². The molecule has 4 heteroatoms. The molecule has 12 heavy (non-hydrogen) atoms. The summed E-state index contributed by atoms with van der Waals surface area (Å²) in [5.41, 5.74) is 3.17. The number of benzene rings is 1. The Hall–Kier alpha value is -0.900. The lowest BCUT2D eigenvalue weighted by molar-refractivity contribution is 0.736. The van der Waals surface area contributed by atoms with E-state index in [2.05, 4.69) is 26.2 Å². The molecule has 1 heterocycles. The molecule has 0 bridgehead atoms. The molecule has 0 spiro atoms. The fraction of sp³-hybridized carbons (Fsp3) is 0.250. The molecule has 3 nitrogen and oxygen atoms in total. The summed E-state index contributed by atoms with van der Waals surface area (Å²) in [6.45, 7) is 2.04. The first-order valence-corrected chi connectivity index (χ1v) is 4.43. The molecule has 1 aromatic heterocycles. The average molecular weight is 226 g/mol. The third kappa shape index (κ3) is 1.03. The van der Waals surface area contributed by atoms with Crippen molar-refractivity contribution in [3.8, 4) is 0 Å². The first-order valence-electron chi connectivity index (χ1n) is 3.64. The van der Waals surface area contributed by atoms with Crippen LogP contribution in [-0.2, 0) is 7.05 Å². The predicted molar refractivity (Wildman–Crippen MR) is 50.9 cm³/mol. The number of rotatable bonds is 0. The minimum absolute atomic E-state index is 0.943. The van der Waals surface area contributed by atoms with E-state index in [0.29, 0.717) is 0 Å². The molecule has 0 unspecified atom stereocenters. The highest BCUT2D eigenvalue weighted by atomic mass is 79.9. The Bertz CT molecular complexity index is 433. The Morgan fingerprint density at radius 1 is 1.42 bits per heavy atom. The Kier molecular flexibility index (Phi) is 1.65. The van der Waals surface area contributed by atoms with Gasteiger partial charge in [-0.2, -0.15) is 0 Å². The van der Waals surface area contributed by atoms with Gasteiger partial charge in [-0.25, -0.2) is 4.68 Å². The normalized spacial score (nSPS) is 10.9. The van der Waals surface area contributed by atoms with Crippen LogP contribution in [0.3, 0.4) is 0 Å². The summed E-state index contributed by atoms with van der Waals surface area (Å²) in [7, 11) is 1.89. The van der Waals surface area contributed by atoms with Crippen LogP contribution in [0.5, 0.6) is 0 Å². The highest BCUT2D eigenvalue weighted by Gasteiger charge is 2.03. The molecule has 0 fully saturated rings. The Labute approximate surface area is 78.5 Å². The maximum atomic E-state index is 4.01. The third-order valence-corrected chi connectivity index (χ3v) is 2.75. The summed E-state index contributed by atoms with van der Waals surface area (Å²) in [6, 6.07) is 4.05. The van der Waals surface area contributed by atoms with Crippen molar-refractivity contribution in [3.63, 3.8) is 0 Å². The lowest BCUT2D eigenvalue weighted by atomic mass is 10.2. The number of nitrogens with zero attached hydrogens (tertiary/aromatic N) is 3. The van der Waals surface area contributed by atoms with Gasteiger partial charge in [-0.1, -0.05) is 21.1 Å². The first kappa shape index (κ1) is 7.73. The minimum Gasteiger partial charge on any atom is -0.248 e. The molecule has 0 aliphatic carbocycles. The molecule has 0 saturated carbocycles. The van der Waals surface area contributed by atoms with E-state index >= 15 is 0 Å². The second kappa shape index (κ2) is 2.55. The van der Waals surface area contributed by atoms with E-state index < -0.39 is 0 Å². The van der Waals surface area contributed by atoms with Gasteiger partial charge in [0.15, 0.2) is 0 Å². The molecule has 0 aliphatic heterocycles. The number of hydrogen-bond donors (Lipinski definition) is 0. The van der Waals surface area contributed by atoms with E-state index in [9.17, 15) is 0 Å². The molecule has 0 atom stereocenters. The first-order chi connectivity index (χ1) is 5.68.